The monoisotopic (exact) mass is 579 g/mol. The van der Waals surface area contributed by atoms with Crippen LogP contribution in [0.15, 0.2) is 104 Å². The topological polar surface area (TPSA) is 38.9 Å². The molecule has 6 aromatic rings. The van der Waals surface area contributed by atoms with Crippen LogP contribution in [0.25, 0.3) is 39.3 Å². The first-order chi connectivity index (χ1) is 18.3. The van der Waals surface area contributed by atoms with Gasteiger partial charge in [0, 0.05) is 43.2 Å². The van der Waals surface area contributed by atoms with Crippen molar-refractivity contribution in [2.24, 2.45) is 7.05 Å². The van der Waals surface area contributed by atoms with Gasteiger partial charge < -0.3 is 9.38 Å². The molecule has 8 rings (SSSR count). The van der Waals surface area contributed by atoms with Crippen LogP contribution in [0.5, 0.6) is 0 Å². The molecule has 0 fully saturated rings. The van der Waals surface area contributed by atoms with E-state index in [4.69, 9.17) is 0 Å². The number of aromatic nitrogens is 4. The number of hydrogen-bond donors (Lipinski definition) is 0. The molecule has 0 radical (unpaired) electrons. The third-order valence-corrected chi connectivity index (χ3v) is 7.46. The predicted octanol–water partition coefficient (Wildman–Crippen LogP) is 4.78. The largest absolute Gasteiger partial charge is 2.00 e. The Bertz CT molecular complexity index is 1820. The van der Waals surface area contributed by atoms with Crippen molar-refractivity contribution in [2.45, 2.75) is 0 Å². The Morgan fingerprint density at radius 1 is 0.684 bits per heavy atom. The molecule has 0 N–H and O–H groups in total. The van der Waals surface area contributed by atoms with Crippen molar-refractivity contribution in [1.82, 2.24) is 19.3 Å². The van der Waals surface area contributed by atoms with Crippen molar-refractivity contribution in [3.8, 4) is 39.3 Å². The fraction of sp³-hybridized carbons (Fsp3) is 0.0323. The molecule has 4 aromatic carbocycles. The molecule has 0 saturated heterocycles. The second-order valence-electron chi connectivity index (χ2n) is 9.49. The Hall–Kier alpha value is -4.17. The Kier molecular flexibility index (Phi) is 5.26. The normalized spacial score (nSPS) is 12.6. The molecule has 2 aliphatic heterocycles. The van der Waals surface area contributed by atoms with Gasteiger partial charge in [0.1, 0.15) is 0 Å². The summed E-state index contributed by atoms with van der Waals surface area (Å²) in [5, 5.41) is 4.47. The predicted molar refractivity (Wildman–Crippen MR) is 148 cm³/mol. The average molecular weight is 580 g/mol. The maximum Gasteiger partial charge on any atom is 2.00 e. The first kappa shape index (κ1) is 23.0. The van der Waals surface area contributed by atoms with E-state index in [9.17, 15) is 0 Å². The Morgan fingerprint density at radius 2 is 1.37 bits per heavy atom. The van der Waals surface area contributed by atoms with Gasteiger partial charge >= 0.3 is 20.4 Å². The van der Waals surface area contributed by atoms with E-state index < -0.39 is 0 Å². The Morgan fingerprint density at radius 3 is 2.03 bits per heavy atom. The zero-order chi connectivity index (χ0) is 24.5. The fourth-order valence-corrected chi connectivity index (χ4v) is 5.84. The van der Waals surface area contributed by atoms with Crippen molar-refractivity contribution in [1.29, 1.82) is 0 Å². The van der Waals surface area contributed by atoms with Crippen LogP contribution in [0, 0.1) is 12.1 Å². The van der Waals surface area contributed by atoms with E-state index in [2.05, 4.69) is 99.8 Å². The molecule has 0 saturated carbocycles. The van der Waals surface area contributed by atoms with E-state index in [-0.39, 0.29) is 27.3 Å². The van der Waals surface area contributed by atoms with Gasteiger partial charge in [-0.25, -0.2) is 0 Å². The number of imidazole rings is 1. The van der Waals surface area contributed by atoms with Crippen LogP contribution in [0.3, 0.4) is 0 Å². The minimum atomic E-state index is -0.0921. The summed E-state index contributed by atoms with van der Waals surface area (Å²) in [4.78, 5) is 7.07. The second-order valence-corrected chi connectivity index (χ2v) is 9.49. The summed E-state index contributed by atoms with van der Waals surface area (Å²) in [5.41, 5.74) is 11.3. The molecule has 2 aromatic heterocycles. The molecule has 7 heteroatoms. The summed E-state index contributed by atoms with van der Waals surface area (Å²) in [7, 11) is 2.02. The molecule has 5 nitrogen and oxygen atoms in total. The zero-order valence-corrected chi connectivity index (χ0v) is 22.0. The van der Waals surface area contributed by atoms with Crippen molar-refractivity contribution < 1.29 is 20.4 Å². The van der Waals surface area contributed by atoms with Gasteiger partial charge in [-0.05, 0) is 29.4 Å². The van der Waals surface area contributed by atoms with Gasteiger partial charge in [-0.1, -0.05) is 42.0 Å². The van der Waals surface area contributed by atoms with E-state index in [1.54, 1.807) is 6.20 Å². The van der Waals surface area contributed by atoms with Crippen molar-refractivity contribution >= 4 is 29.1 Å². The summed E-state index contributed by atoms with van der Waals surface area (Å²) in [6.07, 6.45) is 7.57. The van der Waals surface area contributed by atoms with Crippen molar-refractivity contribution in [3.63, 3.8) is 0 Å². The fourth-order valence-electron chi connectivity index (χ4n) is 5.84. The number of anilines is 2. The van der Waals surface area contributed by atoms with Crippen LogP contribution in [-0.4, -0.2) is 26.2 Å². The van der Waals surface area contributed by atoms with Crippen LogP contribution >= 0.6 is 0 Å². The molecule has 0 aliphatic carbocycles. The van der Waals surface area contributed by atoms with Gasteiger partial charge in [-0.2, -0.15) is 22.7 Å². The van der Waals surface area contributed by atoms with Crippen molar-refractivity contribution in [3.05, 3.63) is 116 Å². The quantitative estimate of drug-likeness (QED) is 0.219. The summed E-state index contributed by atoms with van der Waals surface area (Å²) in [5.74, 6) is 0.902. The maximum absolute atomic E-state index is 4.61. The number of aryl methyl sites for hydroxylation is 1. The van der Waals surface area contributed by atoms with E-state index in [1.165, 1.54) is 33.6 Å². The van der Waals surface area contributed by atoms with Gasteiger partial charge in [-0.3, -0.25) is 9.67 Å². The van der Waals surface area contributed by atoms with E-state index >= 15 is 0 Å². The smallest absolute Gasteiger partial charge is 0.381 e. The Labute approximate surface area is 235 Å². The number of fused-ring (bicyclic) bond motifs is 11. The molecule has 0 unspecified atom stereocenters. The molecule has 0 spiro atoms. The van der Waals surface area contributed by atoms with Gasteiger partial charge in [0.05, 0.1) is 5.82 Å². The maximum atomic E-state index is 4.61. The van der Waals surface area contributed by atoms with Crippen LogP contribution in [-0.2, 0) is 27.5 Å². The number of nitrogens with zero attached hydrogens (tertiary/aromatic N) is 5. The molecule has 0 amide bonds. The molecular weight excluding hydrogens is 560 g/mol. The van der Waals surface area contributed by atoms with Crippen LogP contribution < -0.4 is 15.7 Å². The molecule has 38 heavy (non-hydrogen) atoms. The first-order valence-corrected chi connectivity index (χ1v) is 12.4. The van der Waals surface area contributed by atoms with Crippen LogP contribution in [0.4, 0.5) is 11.4 Å². The van der Waals surface area contributed by atoms with E-state index in [0.717, 1.165) is 28.0 Å². The summed E-state index contributed by atoms with van der Waals surface area (Å²) < 4.78 is 3.91. The van der Waals surface area contributed by atoms with Gasteiger partial charge in [0.15, 0.2) is 0 Å². The second kappa shape index (κ2) is 8.70. The zero-order valence-electron chi connectivity index (χ0n) is 20.4. The van der Waals surface area contributed by atoms with Gasteiger partial charge in [0.25, 0.3) is 6.85 Å². The molecular formula is C31H20BN5Pd. The van der Waals surface area contributed by atoms with Crippen molar-refractivity contribution in [2.75, 3.05) is 4.81 Å². The summed E-state index contributed by atoms with van der Waals surface area (Å²) in [6.45, 7) is -0.0921. The van der Waals surface area contributed by atoms with Gasteiger partial charge in [-0.15, -0.1) is 46.4 Å². The number of benzene rings is 4. The summed E-state index contributed by atoms with van der Waals surface area (Å²) >= 11 is 0. The third-order valence-electron chi connectivity index (χ3n) is 7.46. The van der Waals surface area contributed by atoms with E-state index in [0.29, 0.717) is 0 Å². The average Bonchev–Trinajstić information content (AvgIpc) is 3.64. The van der Waals surface area contributed by atoms with E-state index in [1.807, 2.05) is 41.0 Å². The van der Waals surface area contributed by atoms with Crippen LogP contribution in [0.1, 0.15) is 0 Å². The number of rotatable bonds is 2. The molecule has 182 valence electrons. The standard InChI is InChI=1S/C31H20BN5.Pd/c1-35-18-16-33-31(35)21-11-13-23-25-7-2-4-9-29(25)37-30-10-5-3-8-26(30)24-14-12-22(36-17-6-15-34-36)20-28(24)32(37)27(23)19-21;/h2-18H,1H3;/q-2;+2. The molecule has 0 atom stereocenters. The van der Waals surface area contributed by atoms with Gasteiger partial charge in [0.2, 0.25) is 0 Å². The summed E-state index contributed by atoms with van der Waals surface area (Å²) in [6, 6.07) is 35.5. The first-order valence-electron chi connectivity index (χ1n) is 12.4. The SMILES string of the molecule is Cn1ccnc1-c1[c-]c2c(cc1)-c1ccccc1N1B2c2[c-]c(-n3cccn3)ccc2-c2ccccc21.[Pd+2]. The number of hydrogen-bond acceptors (Lipinski definition) is 3. The molecule has 4 heterocycles. The molecule has 2 aliphatic rings. The third kappa shape index (κ3) is 3.23. The molecule has 0 bridgehead atoms. The van der Waals surface area contributed by atoms with Crippen LogP contribution in [0.2, 0.25) is 0 Å². The minimum absolute atomic E-state index is 0. The minimum Gasteiger partial charge on any atom is -0.381 e. The Balaban J connectivity index is 0.00000242. The number of para-hydroxylation sites is 2.